The highest BCUT2D eigenvalue weighted by Gasteiger charge is 2.16. The van der Waals surface area contributed by atoms with Crippen LogP contribution in [-0.2, 0) is 9.53 Å². The van der Waals surface area contributed by atoms with Gasteiger partial charge in [0.05, 0.1) is 19.8 Å². The summed E-state index contributed by atoms with van der Waals surface area (Å²) in [5.74, 6) is 0.281. The van der Waals surface area contributed by atoms with Gasteiger partial charge in [-0.25, -0.2) is 4.79 Å². The second-order valence-corrected chi connectivity index (χ2v) is 5.33. The Bertz CT molecular complexity index is 742. The fraction of sp³-hybridized carbons (Fsp3) is 0.222. The van der Waals surface area contributed by atoms with E-state index in [1.54, 1.807) is 36.4 Å². The topological polar surface area (TPSA) is 71.1 Å². The van der Waals surface area contributed by atoms with E-state index in [0.717, 1.165) is 0 Å². The Balaban J connectivity index is 1.88. The molecule has 6 nitrogen and oxygen atoms in total. The Morgan fingerprint density at radius 2 is 1.60 bits per heavy atom. The summed E-state index contributed by atoms with van der Waals surface area (Å²) in [5, 5.41) is 0.563. The molecule has 0 aliphatic rings. The van der Waals surface area contributed by atoms with Crippen molar-refractivity contribution in [2.75, 3.05) is 27.4 Å². The maximum Gasteiger partial charge on any atom is 0.344 e. The van der Waals surface area contributed by atoms with Crippen molar-refractivity contribution >= 4 is 23.4 Å². The zero-order chi connectivity index (χ0) is 18.2. The van der Waals surface area contributed by atoms with Crippen LogP contribution in [0.4, 0.5) is 0 Å². The number of hydrogen-bond acceptors (Lipinski definition) is 6. The number of halogens is 1. The van der Waals surface area contributed by atoms with Gasteiger partial charge in [-0.05, 0) is 42.5 Å². The van der Waals surface area contributed by atoms with Gasteiger partial charge in [-0.15, -0.1) is 0 Å². The average Bonchev–Trinajstić information content (AvgIpc) is 2.65. The second kappa shape index (κ2) is 8.94. The lowest BCUT2D eigenvalue weighted by Gasteiger charge is -2.10. The van der Waals surface area contributed by atoms with E-state index < -0.39 is 18.4 Å². The van der Waals surface area contributed by atoms with Crippen molar-refractivity contribution in [3.63, 3.8) is 0 Å². The zero-order valence-electron chi connectivity index (χ0n) is 13.8. The predicted octanol–water partition coefficient (Wildman–Crippen LogP) is 3.16. The SMILES string of the molecule is COc1ccc(OC)c(C(=O)COC(=O)COc2ccc(Cl)cc2)c1. The average molecular weight is 365 g/mol. The number of ether oxygens (including phenoxy) is 4. The van der Waals surface area contributed by atoms with E-state index in [0.29, 0.717) is 22.3 Å². The van der Waals surface area contributed by atoms with Gasteiger partial charge in [0.25, 0.3) is 0 Å². The highest BCUT2D eigenvalue weighted by atomic mass is 35.5. The molecule has 0 aromatic heterocycles. The largest absolute Gasteiger partial charge is 0.497 e. The molecule has 0 aliphatic heterocycles. The van der Waals surface area contributed by atoms with Crippen molar-refractivity contribution in [2.45, 2.75) is 0 Å². The summed E-state index contributed by atoms with van der Waals surface area (Å²) in [6, 6.07) is 11.3. The van der Waals surface area contributed by atoms with E-state index in [-0.39, 0.29) is 12.2 Å². The molecule has 0 bridgehead atoms. The lowest BCUT2D eigenvalue weighted by atomic mass is 10.1. The molecule has 0 fully saturated rings. The van der Waals surface area contributed by atoms with Gasteiger partial charge in [0.2, 0.25) is 5.78 Å². The van der Waals surface area contributed by atoms with E-state index in [1.807, 2.05) is 0 Å². The highest BCUT2D eigenvalue weighted by Crippen LogP contribution is 2.24. The number of carbonyl (C=O) groups excluding carboxylic acids is 2. The van der Waals surface area contributed by atoms with Crippen LogP contribution in [0.3, 0.4) is 0 Å². The van der Waals surface area contributed by atoms with Gasteiger partial charge in [-0.3, -0.25) is 4.79 Å². The van der Waals surface area contributed by atoms with Crippen LogP contribution in [0.25, 0.3) is 0 Å². The molecule has 0 saturated heterocycles. The van der Waals surface area contributed by atoms with Gasteiger partial charge in [0, 0.05) is 5.02 Å². The molecule has 2 rings (SSSR count). The summed E-state index contributed by atoms with van der Waals surface area (Å²) in [6.45, 7) is -0.740. The van der Waals surface area contributed by atoms with Crippen LogP contribution >= 0.6 is 11.6 Å². The molecule has 25 heavy (non-hydrogen) atoms. The number of benzene rings is 2. The Morgan fingerprint density at radius 3 is 2.24 bits per heavy atom. The third kappa shape index (κ3) is 5.39. The van der Waals surface area contributed by atoms with Crippen molar-refractivity contribution in [1.82, 2.24) is 0 Å². The third-order valence-electron chi connectivity index (χ3n) is 3.24. The quantitative estimate of drug-likeness (QED) is 0.529. The van der Waals surface area contributed by atoms with E-state index in [9.17, 15) is 9.59 Å². The van der Waals surface area contributed by atoms with E-state index >= 15 is 0 Å². The summed E-state index contributed by atoms with van der Waals surface area (Å²) >= 11 is 5.76. The van der Waals surface area contributed by atoms with Crippen LogP contribution in [0.2, 0.25) is 5.02 Å². The lowest BCUT2D eigenvalue weighted by molar-refractivity contribution is -0.144. The van der Waals surface area contributed by atoms with Crippen molar-refractivity contribution < 1.29 is 28.5 Å². The van der Waals surface area contributed by atoms with E-state index in [1.165, 1.54) is 20.3 Å². The van der Waals surface area contributed by atoms with Gasteiger partial charge in [0.1, 0.15) is 17.2 Å². The van der Waals surface area contributed by atoms with E-state index in [2.05, 4.69) is 0 Å². The van der Waals surface area contributed by atoms with Gasteiger partial charge in [0.15, 0.2) is 13.2 Å². The molecule has 2 aromatic carbocycles. The van der Waals surface area contributed by atoms with Crippen LogP contribution in [0, 0.1) is 0 Å². The summed E-state index contributed by atoms with van der Waals surface area (Å²) in [4.78, 5) is 24.0. The standard InChI is InChI=1S/C18H17ClO6/c1-22-14-7-8-17(23-2)15(9-14)16(20)10-25-18(21)11-24-13-5-3-12(19)4-6-13/h3-9H,10-11H2,1-2H3. The molecule has 0 N–H and O–H groups in total. The number of Topliss-reactive ketones (excluding diaryl/α,β-unsaturated/α-hetero) is 1. The lowest BCUT2D eigenvalue weighted by Crippen LogP contribution is -2.19. The number of hydrogen-bond donors (Lipinski definition) is 0. The first kappa shape index (κ1) is 18.6. The third-order valence-corrected chi connectivity index (χ3v) is 3.49. The van der Waals surface area contributed by atoms with Crippen molar-refractivity contribution in [3.8, 4) is 17.2 Å². The molecule has 0 heterocycles. The fourth-order valence-electron chi connectivity index (χ4n) is 1.97. The van der Waals surface area contributed by atoms with Crippen LogP contribution in [-0.4, -0.2) is 39.2 Å². The van der Waals surface area contributed by atoms with Crippen LogP contribution < -0.4 is 14.2 Å². The molecular formula is C18H17ClO6. The van der Waals surface area contributed by atoms with Crippen LogP contribution in [0.15, 0.2) is 42.5 Å². The molecule has 0 unspecified atom stereocenters. The number of rotatable bonds is 8. The Labute approximate surface area is 150 Å². The molecule has 0 radical (unpaired) electrons. The van der Waals surface area contributed by atoms with E-state index in [4.69, 9.17) is 30.5 Å². The summed E-state index contributed by atoms with van der Waals surface area (Å²) in [7, 11) is 2.94. The second-order valence-electron chi connectivity index (χ2n) is 4.89. The molecule has 0 spiro atoms. The zero-order valence-corrected chi connectivity index (χ0v) is 14.5. The smallest absolute Gasteiger partial charge is 0.344 e. The maximum absolute atomic E-state index is 12.2. The number of carbonyl (C=O) groups is 2. The van der Waals surface area contributed by atoms with Crippen molar-refractivity contribution in [1.29, 1.82) is 0 Å². The van der Waals surface area contributed by atoms with Crippen molar-refractivity contribution in [2.24, 2.45) is 0 Å². The molecule has 0 amide bonds. The highest BCUT2D eigenvalue weighted by molar-refractivity contribution is 6.30. The molecule has 0 atom stereocenters. The first-order valence-corrected chi connectivity index (χ1v) is 7.70. The monoisotopic (exact) mass is 364 g/mol. The maximum atomic E-state index is 12.2. The molecule has 2 aromatic rings. The molecular weight excluding hydrogens is 348 g/mol. The van der Waals surface area contributed by atoms with Crippen molar-refractivity contribution in [3.05, 3.63) is 53.1 Å². The fourth-order valence-corrected chi connectivity index (χ4v) is 2.10. The Morgan fingerprint density at radius 1 is 0.920 bits per heavy atom. The molecule has 132 valence electrons. The first-order chi connectivity index (χ1) is 12.0. The minimum absolute atomic E-state index is 0.272. The van der Waals surface area contributed by atoms with Gasteiger partial charge < -0.3 is 18.9 Å². The predicted molar refractivity (Wildman–Crippen MR) is 91.8 cm³/mol. The molecule has 0 aliphatic carbocycles. The normalized spacial score (nSPS) is 10.0. The molecule has 0 saturated carbocycles. The van der Waals surface area contributed by atoms with Gasteiger partial charge >= 0.3 is 5.97 Å². The molecule has 7 heteroatoms. The summed E-state index contributed by atoms with van der Waals surface area (Å²) in [6.07, 6.45) is 0. The summed E-state index contributed by atoms with van der Waals surface area (Å²) in [5.41, 5.74) is 0.272. The number of ketones is 1. The van der Waals surface area contributed by atoms with Gasteiger partial charge in [-0.2, -0.15) is 0 Å². The number of esters is 1. The minimum Gasteiger partial charge on any atom is -0.497 e. The Hall–Kier alpha value is -2.73. The van der Waals surface area contributed by atoms with Crippen LogP contribution in [0.1, 0.15) is 10.4 Å². The Kier molecular flexibility index (Phi) is 6.65. The van der Waals surface area contributed by atoms with Crippen LogP contribution in [0.5, 0.6) is 17.2 Å². The van der Waals surface area contributed by atoms with Gasteiger partial charge in [-0.1, -0.05) is 11.6 Å². The number of methoxy groups -OCH3 is 2. The first-order valence-electron chi connectivity index (χ1n) is 7.32. The summed E-state index contributed by atoms with van der Waals surface area (Å²) < 4.78 is 20.4. The minimum atomic E-state index is -0.662.